The van der Waals surface area contributed by atoms with Gasteiger partial charge in [-0.3, -0.25) is 14.6 Å². The molecule has 160 valence electrons. The molecule has 0 radical (unpaired) electrons. The van der Waals surface area contributed by atoms with E-state index in [0.717, 1.165) is 22.5 Å². The number of hydrogen-bond donors (Lipinski definition) is 2. The topological polar surface area (TPSA) is 114 Å². The van der Waals surface area contributed by atoms with Gasteiger partial charge in [0.15, 0.2) is 0 Å². The number of ether oxygens (including phenoxy) is 2. The highest BCUT2D eigenvalue weighted by Gasteiger charge is 2.11. The van der Waals surface area contributed by atoms with Gasteiger partial charge in [0, 0.05) is 0 Å². The van der Waals surface area contributed by atoms with Gasteiger partial charge in [-0.1, -0.05) is 6.07 Å². The van der Waals surface area contributed by atoms with E-state index in [0.29, 0.717) is 24.7 Å². The Balaban J connectivity index is 1.54. The number of carbonyl (C=O) groups is 2. The van der Waals surface area contributed by atoms with E-state index in [1.54, 1.807) is 48.5 Å². The molecule has 0 unspecified atom stereocenters. The maximum Gasteiger partial charge on any atom is 0.331 e. The quantitative estimate of drug-likeness (QED) is 0.532. The van der Waals surface area contributed by atoms with Crippen LogP contribution in [0.2, 0.25) is 0 Å². The first kappa shape index (κ1) is 20.7. The van der Waals surface area contributed by atoms with Crippen molar-refractivity contribution in [3.05, 3.63) is 89.2 Å². The maximum atomic E-state index is 11.8. The molecule has 0 aliphatic carbocycles. The molecule has 6 bridgehead atoms. The zero-order chi connectivity index (χ0) is 22.2. The molecule has 0 atom stereocenters. The lowest BCUT2D eigenvalue weighted by Crippen LogP contribution is -2.35. The molecular formula is C23H19N5O4. The predicted molar refractivity (Wildman–Crippen MR) is 117 cm³/mol. The molecule has 0 fully saturated rings. The zero-order valence-electron chi connectivity index (χ0n) is 16.9. The van der Waals surface area contributed by atoms with Crippen LogP contribution in [-0.4, -0.2) is 29.2 Å². The molecule has 4 aliphatic rings. The molecule has 0 saturated heterocycles. The molecule has 2 amide bonds. The number of nitrogens with zero attached hydrogens (tertiary/aromatic N) is 3. The second kappa shape index (κ2) is 9.98. The Bertz CT molecular complexity index is 1070. The molecule has 2 aromatic carbocycles. The first-order valence-electron chi connectivity index (χ1n) is 9.73. The van der Waals surface area contributed by atoms with E-state index in [1.807, 2.05) is 18.2 Å². The number of carbonyl (C=O) groups excluding carboxylic acids is 2. The van der Waals surface area contributed by atoms with Crippen LogP contribution in [0.3, 0.4) is 0 Å². The Morgan fingerprint density at radius 1 is 0.625 bits per heavy atom. The Labute approximate surface area is 183 Å². The van der Waals surface area contributed by atoms with Crippen molar-refractivity contribution in [3.63, 3.8) is 0 Å². The van der Waals surface area contributed by atoms with Gasteiger partial charge in [-0.15, -0.1) is 0 Å². The largest absolute Gasteiger partial charge is 0.487 e. The Kier molecular flexibility index (Phi) is 6.47. The van der Waals surface area contributed by atoms with Gasteiger partial charge in [0.2, 0.25) is 0 Å². The van der Waals surface area contributed by atoms with Gasteiger partial charge in [0.1, 0.15) is 24.7 Å². The lowest BCUT2D eigenvalue weighted by Gasteiger charge is -2.09. The average Bonchev–Trinajstić information content (AvgIpc) is 2.82. The van der Waals surface area contributed by atoms with Crippen molar-refractivity contribution >= 4 is 24.2 Å². The van der Waals surface area contributed by atoms with Gasteiger partial charge in [0.05, 0.1) is 23.8 Å². The SMILES string of the molecule is O=C1N/N=C/c2ccc(cc2)OCc2cccc(n2)COc2ccc(cc2)/C=N/NC1=O. The van der Waals surface area contributed by atoms with Crippen LogP contribution in [-0.2, 0) is 22.8 Å². The number of amides is 2. The zero-order valence-corrected chi connectivity index (χ0v) is 16.9. The summed E-state index contributed by atoms with van der Waals surface area (Å²) in [5, 5.41) is 7.55. The van der Waals surface area contributed by atoms with Crippen LogP contribution in [0.25, 0.3) is 0 Å². The molecule has 3 aromatic rings. The predicted octanol–water partition coefficient (Wildman–Crippen LogP) is 2.15. The van der Waals surface area contributed by atoms with Crippen LogP contribution in [0, 0.1) is 0 Å². The van der Waals surface area contributed by atoms with Crippen molar-refractivity contribution in [3.8, 4) is 11.5 Å². The molecule has 9 nitrogen and oxygen atoms in total. The average molecular weight is 429 g/mol. The number of benzene rings is 2. The third kappa shape index (κ3) is 5.76. The third-order valence-corrected chi connectivity index (χ3v) is 4.36. The van der Waals surface area contributed by atoms with Crippen molar-refractivity contribution in [2.24, 2.45) is 10.2 Å². The highest BCUT2D eigenvalue weighted by molar-refractivity contribution is 6.35. The lowest BCUT2D eigenvalue weighted by molar-refractivity contribution is -0.139. The molecule has 5 heterocycles. The minimum absolute atomic E-state index is 0.306. The van der Waals surface area contributed by atoms with Crippen LogP contribution < -0.4 is 20.3 Å². The van der Waals surface area contributed by atoms with Gasteiger partial charge < -0.3 is 9.47 Å². The van der Waals surface area contributed by atoms with Crippen molar-refractivity contribution < 1.29 is 19.1 Å². The second-order valence-corrected chi connectivity index (χ2v) is 6.73. The third-order valence-electron chi connectivity index (χ3n) is 4.36. The smallest absolute Gasteiger partial charge is 0.331 e. The summed E-state index contributed by atoms with van der Waals surface area (Å²) in [4.78, 5) is 28.2. The number of aromatic nitrogens is 1. The summed E-state index contributed by atoms with van der Waals surface area (Å²) in [5.74, 6) is -0.555. The van der Waals surface area contributed by atoms with Crippen molar-refractivity contribution in [1.82, 2.24) is 15.8 Å². The van der Waals surface area contributed by atoms with Crippen LogP contribution >= 0.6 is 0 Å². The molecule has 0 saturated carbocycles. The summed E-state index contributed by atoms with van der Waals surface area (Å²) in [6.07, 6.45) is 2.83. The standard InChI is InChI=1S/C23H19N5O4/c29-22-23(30)28-25-13-17-6-10-21(11-7-17)32-15-19-3-1-2-18(26-19)14-31-20-8-4-16(5-9-20)12-24-27-22/h1-13H,14-15H2,(H,27,29)(H,28,30)/b24-12+,25-13+. The van der Waals surface area contributed by atoms with Crippen molar-refractivity contribution in [2.75, 3.05) is 0 Å². The molecule has 1 aromatic heterocycles. The van der Waals surface area contributed by atoms with E-state index >= 15 is 0 Å². The fourth-order valence-corrected chi connectivity index (χ4v) is 2.74. The summed E-state index contributed by atoms with van der Waals surface area (Å²) in [5.41, 5.74) is 7.29. The highest BCUT2D eigenvalue weighted by atomic mass is 16.5. The fourth-order valence-electron chi connectivity index (χ4n) is 2.74. The summed E-state index contributed by atoms with van der Waals surface area (Å²) in [6.45, 7) is 0.612. The van der Waals surface area contributed by atoms with Crippen LogP contribution in [0.1, 0.15) is 22.5 Å². The minimum Gasteiger partial charge on any atom is -0.487 e. The van der Waals surface area contributed by atoms with E-state index in [2.05, 4.69) is 26.0 Å². The summed E-state index contributed by atoms with van der Waals surface area (Å²) in [7, 11) is 0. The highest BCUT2D eigenvalue weighted by Crippen LogP contribution is 2.15. The van der Waals surface area contributed by atoms with Gasteiger partial charge in [0.25, 0.3) is 0 Å². The maximum absolute atomic E-state index is 11.8. The van der Waals surface area contributed by atoms with E-state index in [4.69, 9.17) is 9.47 Å². The van der Waals surface area contributed by atoms with E-state index in [9.17, 15) is 9.59 Å². The van der Waals surface area contributed by atoms with Crippen LogP contribution in [0.4, 0.5) is 0 Å². The minimum atomic E-state index is -0.935. The molecule has 32 heavy (non-hydrogen) atoms. The number of rotatable bonds is 0. The number of hydrazone groups is 2. The second-order valence-electron chi connectivity index (χ2n) is 6.73. The molecule has 7 rings (SSSR count). The molecule has 2 N–H and O–H groups in total. The Hall–Kier alpha value is -4.53. The summed E-state index contributed by atoms with van der Waals surface area (Å²) >= 11 is 0. The normalized spacial score (nSPS) is 16.2. The first-order chi connectivity index (χ1) is 15.7. The Morgan fingerprint density at radius 3 is 1.50 bits per heavy atom. The monoisotopic (exact) mass is 429 g/mol. The van der Waals surface area contributed by atoms with E-state index < -0.39 is 11.8 Å². The molecule has 0 spiro atoms. The van der Waals surface area contributed by atoms with Gasteiger partial charge in [-0.2, -0.15) is 10.2 Å². The summed E-state index contributed by atoms with van der Waals surface area (Å²) in [6, 6.07) is 19.9. The number of pyridine rings is 1. The first-order valence-corrected chi connectivity index (χ1v) is 9.73. The molecular weight excluding hydrogens is 410 g/mol. The van der Waals surface area contributed by atoms with Crippen LogP contribution in [0.15, 0.2) is 76.9 Å². The number of nitrogens with one attached hydrogen (secondary N) is 2. The van der Waals surface area contributed by atoms with Crippen molar-refractivity contribution in [2.45, 2.75) is 13.2 Å². The molecule has 9 heteroatoms. The van der Waals surface area contributed by atoms with E-state index in [-0.39, 0.29) is 0 Å². The van der Waals surface area contributed by atoms with Crippen LogP contribution in [0.5, 0.6) is 11.5 Å². The van der Waals surface area contributed by atoms with Gasteiger partial charge in [-0.05, 0) is 71.8 Å². The van der Waals surface area contributed by atoms with Gasteiger partial charge in [-0.25, -0.2) is 10.9 Å². The van der Waals surface area contributed by atoms with Crippen molar-refractivity contribution in [1.29, 1.82) is 0 Å². The molecule has 4 aliphatic heterocycles. The van der Waals surface area contributed by atoms with Gasteiger partial charge >= 0.3 is 11.8 Å². The fraction of sp³-hybridized carbons (Fsp3) is 0.0870. The number of hydrogen-bond acceptors (Lipinski definition) is 7. The summed E-state index contributed by atoms with van der Waals surface area (Å²) < 4.78 is 11.6. The lowest BCUT2D eigenvalue weighted by atomic mass is 10.2. The Morgan fingerprint density at radius 2 is 1.06 bits per heavy atom. The van der Waals surface area contributed by atoms with E-state index in [1.165, 1.54) is 12.4 Å².